The largest absolute Gasteiger partial charge is 1.00 e. The lowest BCUT2D eigenvalue weighted by Gasteiger charge is -2.00. The smallest absolute Gasteiger partial charge is 0.169 e. The van der Waals surface area contributed by atoms with Gasteiger partial charge in [-0.15, -0.1) is 0 Å². The Morgan fingerprint density at radius 1 is 0.564 bits per heavy atom. The van der Waals surface area contributed by atoms with Gasteiger partial charge in [0.2, 0.25) is 0 Å². The average molecular weight is 695 g/mol. The molecule has 2 heterocycles. The van der Waals surface area contributed by atoms with Crippen molar-refractivity contribution in [3.63, 3.8) is 0 Å². The number of rotatable bonds is 12. The molecule has 0 aliphatic heterocycles. The second-order valence-corrected chi connectivity index (χ2v) is 9.23. The van der Waals surface area contributed by atoms with Crippen LogP contribution >= 0.6 is 23.2 Å². The summed E-state index contributed by atoms with van der Waals surface area (Å²) in [5.74, 6) is 0. The van der Waals surface area contributed by atoms with Gasteiger partial charge in [-0.2, -0.15) is 0 Å². The van der Waals surface area contributed by atoms with E-state index in [0.717, 1.165) is 41.8 Å². The maximum Gasteiger partial charge on any atom is 0.169 e. The fourth-order valence-corrected chi connectivity index (χ4v) is 3.68. The van der Waals surface area contributed by atoms with Crippen LogP contribution in [0.25, 0.3) is 0 Å². The van der Waals surface area contributed by atoms with Crippen molar-refractivity contribution in [2.24, 2.45) is 10.3 Å². The van der Waals surface area contributed by atoms with Crippen molar-refractivity contribution < 1.29 is 52.8 Å². The summed E-state index contributed by atoms with van der Waals surface area (Å²) >= 11 is 11.8. The first kappa shape index (κ1) is 32.4. The second kappa shape index (κ2) is 17.7. The second-order valence-electron chi connectivity index (χ2n) is 8.36. The molecule has 0 saturated carbocycles. The molecule has 0 aliphatic carbocycles. The van der Waals surface area contributed by atoms with E-state index in [0.29, 0.717) is 23.3 Å². The minimum atomic E-state index is 0. The summed E-state index contributed by atoms with van der Waals surface area (Å²) in [6.07, 6.45) is 12.6. The number of nitrogens with zero attached hydrogens (tertiary/aromatic N) is 4. The van der Waals surface area contributed by atoms with Crippen molar-refractivity contribution in [2.45, 2.75) is 32.7 Å². The molecule has 4 aromatic rings. The summed E-state index contributed by atoms with van der Waals surface area (Å²) in [7, 11) is 0. The van der Waals surface area contributed by atoms with Gasteiger partial charge in [-0.1, -0.05) is 57.8 Å². The van der Waals surface area contributed by atoms with Crippen LogP contribution in [0.15, 0.2) is 108 Å². The van der Waals surface area contributed by atoms with Crippen LogP contribution < -0.4 is 43.1 Å². The highest BCUT2D eigenvalue weighted by Crippen LogP contribution is 2.11. The van der Waals surface area contributed by atoms with Crippen molar-refractivity contribution in [1.82, 2.24) is 0 Å². The van der Waals surface area contributed by atoms with E-state index in [9.17, 15) is 0 Å². The Kier molecular flexibility index (Phi) is 14.8. The summed E-state index contributed by atoms with van der Waals surface area (Å²) in [6, 6.07) is 23.1. The average Bonchev–Trinajstić information content (AvgIpc) is 2.93. The molecule has 0 fully saturated rings. The van der Waals surface area contributed by atoms with Gasteiger partial charge in [0, 0.05) is 45.4 Å². The third-order valence-electron chi connectivity index (χ3n) is 5.51. The quantitative estimate of drug-likeness (QED) is 0.117. The predicted octanol–water partition coefficient (Wildman–Crippen LogP) is -0.232. The number of aryl methyl sites for hydroxylation is 2. The van der Waals surface area contributed by atoms with Crippen LogP contribution in [0, 0.1) is 0 Å². The highest BCUT2D eigenvalue weighted by atomic mass is 79.9. The number of hydrogen-bond donors (Lipinski definition) is 0. The van der Waals surface area contributed by atoms with Gasteiger partial charge >= 0.3 is 0 Å². The van der Waals surface area contributed by atoms with Crippen LogP contribution in [0.1, 0.15) is 28.7 Å². The SMILES string of the molecule is Clc1ccc(CO/N=C/c2cc[n+](CCC[n+]3ccc(/C=N/OCc4ccc(Cl)cc4)cc3)cc2)cc1.[Br-].[Br-]. The molecule has 0 N–H and O–H groups in total. The van der Waals surface area contributed by atoms with E-state index < -0.39 is 0 Å². The molecule has 2 aromatic heterocycles. The number of aromatic nitrogens is 2. The van der Waals surface area contributed by atoms with Crippen molar-refractivity contribution in [3.8, 4) is 0 Å². The third kappa shape index (κ3) is 11.9. The predicted molar refractivity (Wildman–Crippen MR) is 146 cm³/mol. The summed E-state index contributed by atoms with van der Waals surface area (Å²) < 4.78 is 4.32. The van der Waals surface area contributed by atoms with Gasteiger partial charge in [0.05, 0.1) is 18.9 Å². The van der Waals surface area contributed by atoms with Gasteiger partial charge < -0.3 is 43.6 Å². The molecule has 0 unspecified atom stereocenters. The lowest BCUT2D eigenvalue weighted by atomic mass is 10.2. The Balaban J connectivity index is 0.00000267. The van der Waals surface area contributed by atoms with Gasteiger partial charge in [-0.05, 0) is 35.4 Å². The highest BCUT2D eigenvalue weighted by Gasteiger charge is 2.05. The van der Waals surface area contributed by atoms with Gasteiger partial charge in [-0.3, -0.25) is 0 Å². The van der Waals surface area contributed by atoms with E-state index in [1.54, 1.807) is 12.4 Å². The fraction of sp³-hybridized carbons (Fsp3) is 0.172. The highest BCUT2D eigenvalue weighted by molar-refractivity contribution is 6.30. The van der Waals surface area contributed by atoms with E-state index in [2.05, 4.69) is 44.2 Å². The van der Waals surface area contributed by atoms with E-state index in [-0.39, 0.29) is 34.0 Å². The van der Waals surface area contributed by atoms with Gasteiger partial charge in [0.25, 0.3) is 0 Å². The van der Waals surface area contributed by atoms with E-state index in [1.807, 2.05) is 72.8 Å². The maximum atomic E-state index is 5.89. The lowest BCUT2D eigenvalue weighted by Crippen LogP contribution is -3.00. The molecule has 4 rings (SSSR count). The van der Waals surface area contributed by atoms with Crippen molar-refractivity contribution in [3.05, 3.63) is 130 Å². The molecule has 0 spiro atoms. The van der Waals surface area contributed by atoms with E-state index in [1.165, 1.54) is 0 Å². The Labute approximate surface area is 260 Å². The first-order chi connectivity index (χ1) is 18.1. The molecule has 2 aromatic carbocycles. The number of oxime groups is 2. The molecule has 0 amide bonds. The summed E-state index contributed by atoms with van der Waals surface area (Å²) in [4.78, 5) is 10.7. The van der Waals surface area contributed by atoms with Crippen molar-refractivity contribution in [2.75, 3.05) is 0 Å². The molecule has 204 valence electrons. The van der Waals surface area contributed by atoms with Gasteiger partial charge in [0.15, 0.2) is 37.9 Å². The number of halogens is 4. The molecule has 0 saturated heterocycles. The standard InChI is InChI=1S/C29H28Cl2N4O2.2BrH/c30-28-6-2-26(3-7-28)22-36-32-20-24-10-16-34(17-11-24)14-1-15-35-18-12-25(13-19-35)21-33-37-23-27-4-8-29(31)9-5-27;;/h2-13,16-21H,1,14-15,22-23H2;2*1H/q+2;;/p-2/b32-20+,33-21+;;. The van der Waals surface area contributed by atoms with Crippen LogP contribution in [0.4, 0.5) is 0 Å². The first-order valence-electron chi connectivity index (χ1n) is 11.9. The molecule has 0 radical (unpaired) electrons. The maximum absolute atomic E-state index is 5.89. The van der Waals surface area contributed by atoms with Gasteiger partial charge in [0.1, 0.15) is 13.2 Å². The Hall–Kier alpha value is -2.78. The van der Waals surface area contributed by atoms with Gasteiger partial charge in [-0.25, -0.2) is 9.13 Å². The Bertz CT molecular complexity index is 1200. The summed E-state index contributed by atoms with van der Waals surface area (Å²) in [5.41, 5.74) is 4.01. The molecule has 10 heteroatoms. The van der Waals surface area contributed by atoms with E-state index >= 15 is 0 Å². The number of hydrogen-bond acceptors (Lipinski definition) is 4. The Morgan fingerprint density at radius 2 is 0.923 bits per heavy atom. The lowest BCUT2D eigenvalue weighted by molar-refractivity contribution is -0.726. The number of pyridine rings is 2. The summed E-state index contributed by atoms with van der Waals surface area (Å²) in [6.45, 7) is 2.65. The van der Waals surface area contributed by atoms with Crippen LogP contribution in [0.3, 0.4) is 0 Å². The topological polar surface area (TPSA) is 50.9 Å². The summed E-state index contributed by atoms with van der Waals surface area (Å²) in [5, 5.41) is 9.51. The van der Waals surface area contributed by atoms with Crippen LogP contribution in [0.5, 0.6) is 0 Å². The van der Waals surface area contributed by atoms with Crippen LogP contribution in [0.2, 0.25) is 10.0 Å². The first-order valence-corrected chi connectivity index (χ1v) is 12.7. The zero-order valence-electron chi connectivity index (χ0n) is 21.0. The molecular weight excluding hydrogens is 667 g/mol. The Morgan fingerprint density at radius 3 is 1.28 bits per heavy atom. The molecule has 0 aliphatic rings. The molecule has 6 nitrogen and oxygen atoms in total. The zero-order valence-corrected chi connectivity index (χ0v) is 25.7. The molecule has 39 heavy (non-hydrogen) atoms. The third-order valence-corrected chi connectivity index (χ3v) is 6.01. The fourth-order valence-electron chi connectivity index (χ4n) is 3.42. The number of benzene rings is 2. The van der Waals surface area contributed by atoms with Crippen molar-refractivity contribution in [1.29, 1.82) is 0 Å². The zero-order chi connectivity index (χ0) is 25.7. The molecule has 0 bridgehead atoms. The molecule has 0 atom stereocenters. The molecular formula is C29H28Br2Cl2N4O2. The van der Waals surface area contributed by atoms with Crippen LogP contribution in [-0.4, -0.2) is 12.4 Å². The van der Waals surface area contributed by atoms with Crippen molar-refractivity contribution >= 4 is 35.6 Å². The van der Waals surface area contributed by atoms with E-state index in [4.69, 9.17) is 32.9 Å². The monoisotopic (exact) mass is 692 g/mol. The minimum Gasteiger partial charge on any atom is -1.00 e. The van der Waals surface area contributed by atoms with Crippen LogP contribution in [-0.2, 0) is 36.0 Å². The minimum absolute atomic E-state index is 0. The normalized spacial score (nSPS) is 10.7.